The van der Waals surface area contributed by atoms with Crippen LogP contribution >= 0.6 is 0 Å². The van der Waals surface area contributed by atoms with Crippen molar-refractivity contribution < 1.29 is 17.6 Å². The van der Waals surface area contributed by atoms with Crippen LogP contribution in [-0.2, 0) is 0 Å². The Hall–Kier alpha value is -0.360. The molecule has 1 fully saturated rings. The van der Waals surface area contributed by atoms with Crippen molar-refractivity contribution in [2.75, 3.05) is 26.2 Å². The number of nitrogens with zero attached hydrogens (tertiary/aromatic N) is 1. The van der Waals surface area contributed by atoms with Crippen LogP contribution in [0.4, 0.5) is 17.6 Å². The number of rotatable bonds is 4. The largest absolute Gasteiger partial charge is 0.319 e. The van der Waals surface area contributed by atoms with Crippen LogP contribution in [0.1, 0.15) is 19.8 Å². The van der Waals surface area contributed by atoms with Crippen molar-refractivity contribution in [1.82, 2.24) is 10.2 Å². The Morgan fingerprint density at radius 2 is 2.12 bits per heavy atom. The predicted octanol–water partition coefficient (Wildman–Crippen LogP) is 1.96. The molecule has 1 N–H and O–H groups in total. The number of alkyl halides is 4. The zero-order chi connectivity index (χ0) is 12.2. The Bertz CT molecular complexity index is 211. The molecule has 0 spiro atoms. The van der Waals surface area contributed by atoms with Crippen molar-refractivity contribution >= 4 is 0 Å². The Labute approximate surface area is 93.0 Å². The molecule has 96 valence electrons. The molecule has 0 aromatic rings. The first-order valence-electron chi connectivity index (χ1n) is 5.57. The van der Waals surface area contributed by atoms with Crippen molar-refractivity contribution in [2.24, 2.45) is 0 Å². The minimum absolute atomic E-state index is 0.121. The zero-order valence-electron chi connectivity index (χ0n) is 9.36. The van der Waals surface area contributed by atoms with Crippen LogP contribution in [0.5, 0.6) is 0 Å². The van der Waals surface area contributed by atoms with Crippen LogP contribution in [0.3, 0.4) is 0 Å². The molecular formula is C10H18F4N2. The van der Waals surface area contributed by atoms with E-state index in [-0.39, 0.29) is 6.04 Å². The lowest BCUT2D eigenvalue weighted by molar-refractivity contribution is -0.142. The first-order chi connectivity index (χ1) is 7.45. The highest BCUT2D eigenvalue weighted by atomic mass is 19.3. The second kappa shape index (κ2) is 5.82. The van der Waals surface area contributed by atoms with Gasteiger partial charge in [-0.25, -0.2) is 8.78 Å². The van der Waals surface area contributed by atoms with Crippen LogP contribution in [0.2, 0.25) is 0 Å². The van der Waals surface area contributed by atoms with Gasteiger partial charge in [-0.2, -0.15) is 8.78 Å². The van der Waals surface area contributed by atoms with E-state index in [4.69, 9.17) is 0 Å². The monoisotopic (exact) mass is 242 g/mol. The standard InChI is InChI=1S/C10H18F4N2/c1-2-8-6-16(5-3-4-15-8)7-10(13,14)9(11)12/h8-9,15H,2-7H2,1H3. The second-order valence-corrected chi connectivity index (χ2v) is 4.21. The second-order valence-electron chi connectivity index (χ2n) is 4.21. The van der Waals surface area contributed by atoms with Crippen molar-refractivity contribution in [3.05, 3.63) is 0 Å². The van der Waals surface area contributed by atoms with Gasteiger partial charge >= 0.3 is 12.3 Å². The number of hydrogen-bond donors (Lipinski definition) is 1. The summed E-state index contributed by atoms with van der Waals surface area (Å²) in [5.41, 5.74) is 0. The molecule has 1 rings (SSSR count). The molecule has 1 unspecified atom stereocenters. The molecule has 2 nitrogen and oxygen atoms in total. The fourth-order valence-corrected chi connectivity index (χ4v) is 1.86. The molecule has 0 radical (unpaired) electrons. The van der Waals surface area contributed by atoms with Crippen LogP contribution < -0.4 is 5.32 Å². The molecule has 1 aliphatic rings. The molecule has 1 atom stereocenters. The highest BCUT2D eigenvalue weighted by molar-refractivity contribution is 4.81. The quantitative estimate of drug-likeness (QED) is 0.758. The van der Waals surface area contributed by atoms with E-state index in [1.54, 1.807) is 0 Å². The van der Waals surface area contributed by atoms with Gasteiger partial charge in [-0.15, -0.1) is 0 Å². The van der Waals surface area contributed by atoms with Gasteiger partial charge < -0.3 is 5.32 Å². The van der Waals surface area contributed by atoms with Gasteiger partial charge in [-0.1, -0.05) is 6.92 Å². The third-order valence-corrected chi connectivity index (χ3v) is 2.81. The zero-order valence-corrected chi connectivity index (χ0v) is 9.36. The van der Waals surface area contributed by atoms with Crippen molar-refractivity contribution in [3.8, 4) is 0 Å². The van der Waals surface area contributed by atoms with E-state index in [2.05, 4.69) is 5.32 Å². The van der Waals surface area contributed by atoms with Crippen LogP contribution in [-0.4, -0.2) is 49.5 Å². The number of halogens is 4. The van der Waals surface area contributed by atoms with E-state index in [1.807, 2.05) is 6.92 Å². The summed E-state index contributed by atoms with van der Waals surface area (Å²) < 4.78 is 49.9. The lowest BCUT2D eigenvalue weighted by Gasteiger charge is -2.27. The van der Waals surface area contributed by atoms with Crippen molar-refractivity contribution in [1.29, 1.82) is 0 Å². The molecular weight excluding hydrogens is 224 g/mol. The molecule has 0 aromatic heterocycles. The van der Waals surface area contributed by atoms with Crippen LogP contribution in [0.15, 0.2) is 0 Å². The van der Waals surface area contributed by atoms with E-state index in [0.29, 0.717) is 13.1 Å². The van der Waals surface area contributed by atoms with Gasteiger partial charge in [0.25, 0.3) is 0 Å². The Balaban J connectivity index is 2.51. The minimum atomic E-state index is -3.90. The summed E-state index contributed by atoms with van der Waals surface area (Å²) in [6.07, 6.45) is -2.05. The molecule has 0 saturated carbocycles. The minimum Gasteiger partial charge on any atom is -0.313 e. The smallest absolute Gasteiger partial charge is 0.313 e. The van der Waals surface area contributed by atoms with Crippen LogP contribution in [0, 0.1) is 0 Å². The van der Waals surface area contributed by atoms with Gasteiger partial charge in [0, 0.05) is 12.6 Å². The van der Waals surface area contributed by atoms with Gasteiger partial charge in [0.1, 0.15) is 0 Å². The highest BCUT2D eigenvalue weighted by Crippen LogP contribution is 2.24. The fraction of sp³-hybridized carbons (Fsp3) is 1.00. The normalized spacial score (nSPS) is 24.8. The summed E-state index contributed by atoms with van der Waals surface area (Å²) >= 11 is 0. The highest BCUT2D eigenvalue weighted by Gasteiger charge is 2.42. The Kier molecular flexibility index (Phi) is 4.98. The van der Waals surface area contributed by atoms with E-state index in [1.165, 1.54) is 4.90 Å². The van der Waals surface area contributed by atoms with Crippen molar-refractivity contribution in [3.63, 3.8) is 0 Å². The first-order valence-corrected chi connectivity index (χ1v) is 5.57. The molecule has 1 aliphatic heterocycles. The maximum atomic E-state index is 12.9. The van der Waals surface area contributed by atoms with Gasteiger partial charge in [0.15, 0.2) is 0 Å². The van der Waals surface area contributed by atoms with Crippen LogP contribution in [0.25, 0.3) is 0 Å². The summed E-state index contributed by atoms with van der Waals surface area (Å²) in [5.74, 6) is -3.90. The maximum Gasteiger partial charge on any atom is 0.319 e. The SMILES string of the molecule is CCC1CN(CC(F)(F)C(F)F)CCCN1. The molecule has 0 aliphatic carbocycles. The van der Waals surface area contributed by atoms with E-state index < -0.39 is 18.9 Å². The van der Waals surface area contributed by atoms with E-state index >= 15 is 0 Å². The van der Waals surface area contributed by atoms with Gasteiger partial charge in [-0.05, 0) is 25.9 Å². The summed E-state index contributed by atoms with van der Waals surface area (Å²) in [6.45, 7) is 2.73. The van der Waals surface area contributed by atoms with E-state index in [9.17, 15) is 17.6 Å². The van der Waals surface area contributed by atoms with Gasteiger partial charge in [-0.3, -0.25) is 4.90 Å². The fourth-order valence-electron chi connectivity index (χ4n) is 1.86. The molecule has 0 aromatic carbocycles. The summed E-state index contributed by atoms with van der Waals surface area (Å²) in [5, 5.41) is 3.20. The topological polar surface area (TPSA) is 15.3 Å². The molecule has 16 heavy (non-hydrogen) atoms. The summed E-state index contributed by atoms with van der Waals surface area (Å²) in [4.78, 5) is 1.43. The number of nitrogens with one attached hydrogen (secondary N) is 1. The average Bonchev–Trinajstić information content (AvgIpc) is 2.42. The molecule has 1 heterocycles. The molecule has 0 amide bonds. The first kappa shape index (κ1) is 13.7. The Morgan fingerprint density at radius 3 is 2.69 bits per heavy atom. The predicted molar refractivity (Wildman–Crippen MR) is 54.1 cm³/mol. The Morgan fingerprint density at radius 1 is 1.44 bits per heavy atom. The lowest BCUT2D eigenvalue weighted by Crippen LogP contribution is -2.45. The average molecular weight is 242 g/mol. The van der Waals surface area contributed by atoms with Crippen molar-refractivity contribution in [2.45, 2.75) is 38.2 Å². The third-order valence-electron chi connectivity index (χ3n) is 2.81. The third kappa shape index (κ3) is 3.90. The molecule has 0 bridgehead atoms. The molecule has 1 saturated heterocycles. The van der Waals surface area contributed by atoms with E-state index in [0.717, 1.165) is 19.4 Å². The molecule has 6 heteroatoms. The van der Waals surface area contributed by atoms with Gasteiger partial charge in [0.05, 0.1) is 6.54 Å². The van der Waals surface area contributed by atoms with Gasteiger partial charge in [0.2, 0.25) is 0 Å². The maximum absolute atomic E-state index is 12.9. The number of hydrogen-bond acceptors (Lipinski definition) is 2. The summed E-state index contributed by atoms with van der Waals surface area (Å²) in [7, 11) is 0. The lowest BCUT2D eigenvalue weighted by atomic mass is 10.2. The summed E-state index contributed by atoms with van der Waals surface area (Å²) in [6, 6.07) is 0.121.